The van der Waals surface area contributed by atoms with E-state index in [4.69, 9.17) is 10.3 Å². The fourth-order valence-electron chi connectivity index (χ4n) is 2.20. The normalized spacial score (nSPS) is 17.1. The van der Waals surface area contributed by atoms with Gasteiger partial charge in [-0.05, 0) is 19.3 Å². The van der Waals surface area contributed by atoms with Crippen molar-refractivity contribution in [3.05, 3.63) is 27.8 Å². The third kappa shape index (κ3) is 3.27. The molecule has 1 aliphatic carbocycles. The highest BCUT2D eigenvalue weighted by molar-refractivity contribution is 7.09. The van der Waals surface area contributed by atoms with Gasteiger partial charge < -0.3 is 10.3 Å². The number of nitrogens with two attached hydrogens (primary N) is 1. The van der Waals surface area contributed by atoms with E-state index in [1.54, 1.807) is 11.3 Å². The van der Waals surface area contributed by atoms with E-state index in [9.17, 15) is 0 Å². The van der Waals surface area contributed by atoms with Crippen molar-refractivity contribution in [3.63, 3.8) is 0 Å². The molecule has 0 radical (unpaired) electrons. The van der Waals surface area contributed by atoms with Crippen molar-refractivity contribution in [1.82, 2.24) is 15.1 Å². The second-order valence-corrected chi connectivity index (χ2v) is 7.45. The van der Waals surface area contributed by atoms with Crippen molar-refractivity contribution < 1.29 is 4.52 Å². The van der Waals surface area contributed by atoms with Gasteiger partial charge >= 0.3 is 0 Å². The lowest BCUT2D eigenvalue weighted by molar-refractivity contribution is 0.229. The molecule has 7 heteroatoms. The quantitative estimate of drug-likeness (QED) is 0.936. The molecule has 2 aromatic heterocycles. The zero-order chi connectivity index (χ0) is 14.4. The molecule has 0 bridgehead atoms. The Morgan fingerprint density at radius 1 is 1.33 bits per heavy atom. The van der Waals surface area contributed by atoms with Crippen LogP contribution in [-0.2, 0) is 17.4 Å². The highest BCUT2D eigenvalue weighted by Crippen LogP contribution is 2.37. The van der Waals surface area contributed by atoms with E-state index in [0.717, 1.165) is 30.0 Å². The standard InChI is InChI=1S/C14H20N4OS.ClH/c1-13(2,3)12-16-9(8-20-12)7-10-17-11(18-19-10)14(15)5-4-6-14;/h8H,4-7,15H2,1-3H3;1H. The van der Waals surface area contributed by atoms with E-state index >= 15 is 0 Å². The summed E-state index contributed by atoms with van der Waals surface area (Å²) in [4.78, 5) is 9.07. The molecule has 0 amide bonds. The molecule has 5 nitrogen and oxygen atoms in total. The number of rotatable bonds is 3. The van der Waals surface area contributed by atoms with Crippen LogP contribution in [0.15, 0.2) is 9.90 Å². The van der Waals surface area contributed by atoms with Crippen LogP contribution in [0.3, 0.4) is 0 Å². The summed E-state index contributed by atoms with van der Waals surface area (Å²) in [5.41, 5.74) is 6.89. The summed E-state index contributed by atoms with van der Waals surface area (Å²) >= 11 is 1.68. The summed E-state index contributed by atoms with van der Waals surface area (Å²) in [6, 6.07) is 0. The zero-order valence-electron chi connectivity index (χ0n) is 12.5. The second-order valence-electron chi connectivity index (χ2n) is 6.59. The molecule has 0 unspecified atom stereocenters. The first-order valence-corrected chi connectivity index (χ1v) is 7.82. The second kappa shape index (κ2) is 5.66. The van der Waals surface area contributed by atoms with Gasteiger partial charge in [-0.25, -0.2) is 4.98 Å². The van der Waals surface area contributed by atoms with Crippen LogP contribution in [0.2, 0.25) is 0 Å². The monoisotopic (exact) mass is 328 g/mol. The lowest BCUT2D eigenvalue weighted by Crippen LogP contribution is -2.44. The van der Waals surface area contributed by atoms with Crippen LogP contribution in [0.25, 0.3) is 0 Å². The number of nitrogens with zero attached hydrogens (tertiary/aromatic N) is 3. The maximum atomic E-state index is 6.19. The molecule has 2 aromatic rings. The van der Waals surface area contributed by atoms with Crippen LogP contribution in [0, 0.1) is 0 Å². The summed E-state index contributed by atoms with van der Waals surface area (Å²) in [7, 11) is 0. The van der Waals surface area contributed by atoms with Crippen molar-refractivity contribution >= 4 is 23.7 Å². The van der Waals surface area contributed by atoms with Crippen LogP contribution in [-0.4, -0.2) is 15.1 Å². The molecule has 1 aliphatic rings. The van der Waals surface area contributed by atoms with E-state index in [-0.39, 0.29) is 23.4 Å². The lowest BCUT2D eigenvalue weighted by Gasteiger charge is -2.34. The number of hydrogen-bond donors (Lipinski definition) is 1. The summed E-state index contributed by atoms with van der Waals surface area (Å²) in [5, 5.41) is 7.21. The van der Waals surface area contributed by atoms with Crippen molar-refractivity contribution in [2.45, 2.75) is 57.4 Å². The van der Waals surface area contributed by atoms with E-state index in [0.29, 0.717) is 18.1 Å². The van der Waals surface area contributed by atoms with Gasteiger partial charge in [-0.15, -0.1) is 23.7 Å². The molecule has 0 atom stereocenters. The molecule has 1 saturated carbocycles. The molecule has 0 aromatic carbocycles. The molecule has 0 spiro atoms. The Labute approximate surface area is 134 Å². The zero-order valence-corrected chi connectivity index (χ0v) is 14.2. The Bertz CT molecular complexity index is 613. The molecular formula is C14H21ClN4OS. The van der Waals surface area contributed by atoms with Crippen LogP contribution in [0.1, 0.15) is 62.5 Å². The Morgan fingerprint density at radius 3 is 2.57 bits per heavy atom. The molecule has 1 fully saturated rings. The average Bonchev–Trinajstić information content (AvgIpc) is 2.95. The largest absolute Gasteiger partial charge is 0.339 e. The van der Waals surface area contributed by atoms with Crippen LogP contribution < -0.4 is 5.73 Å². The third-order valence-electron chi connectivity index (χ3n) is 3.68. The number of thiazole rings is 1. The van der Waals surface area contributed by atoms with Gasteiger partial charge in [0.05, 0.1) is 22.7 Å². The van der Waals surface area contributed by atoms with Crippen LogP contribution >= 0.6 is 23.7 Å². The Balaban J connectivity index is 0.00000161. The minimum atomic E-state index is -0.361. The molecular weight excluding hydrogens is 308 g/mol. The molecule has 21 heavy (non-hydrogen) atoms. The van der Waals surface area contributed by atoms with Crippen LogP contribution in [0.5, 0.6) is 0 Å². The van der Waals surface area contributed by atoms with Gasteiger partial charge in [-0.3, -0.25) is 0 Å². The SMILES string of the molecule is CC(C)(C)c1nc(Cc2nc(C3(N)CCC3)no2)cs1.Cl. The predicted octanol–water partition coefficient (Wildman–Crippen LogP) is 3.17. The molecule has 2 N–H and O–H groups in total. The van der Waals surface area contributed by atoms with E-state index in [2.05, 4.69) is 41.3 Å². The van der Waals surface area contributed by atoms with Crippen molar-refractivity contribution in [2.24, 2.45) is 5.73 Å². The van der Waals surface area contributed by atoms with E-state index < -0.39 is 0 Å². The van der Waals surface area contributed by atoms with Gasteiger partial charge in [0, 0.05) is 10.8 Å². The third-order valence-corrected chi connectivity index (χ3v) is 5.00. The minimum Gasteiger partial charge on any atom is -0.339 e. The Hall–Kier alpha value is -0.980. The summed E-state index contributed by atoms with van der Waals surface area (Å²) < 4.78 is 5.31. The highest BCUT2D eigenvalue weighted by atomic mass is 35.5. The molecule has 0 aliphatic heterocycles. The van der Waals surface area contributed by atoms with Gasteiger partial charge in [0.15, 0.2) is 5.82 Å². The fourth-order valence-corrected chi connectivity index (χ4v) is 3.10. The van der Waals surface area contributed by atoms with Crippen molar-refractivity contribution in [3.8, 4) is 0 Å². The smallest absolute Gasteiger partial charge is 0.232 e. The average molecular weight is 329 g/mol. The maximum Gasteiger partial charge on any atom is 0.232 e. The fraction of sp³-hybridized carbons (Fsp3) is 0.643. The Morgan fingerprint density at radius 2 is 2.05 bits per heavy atom. The Kier molecular flexibility index (Phi) is 4.42. The van der Waals surface area contributed by atoms with Gasteiger partial charge in [-0.1, -0.05) is 25.9 Å². The predicted molar refractivity (Wildman–Crippen MR) is 84.9 cm³/mol. The highest BCUT2D eigenvalue weighted by Gasteiger charge is 2.39. The summed E-state index contributed by atoms with van der Waals surface area (Å²) in [6.45, 7) is 6.49. The number of aromatic nitrogens is 3. The molecule has 0 saturated heterocycles. The first-order valence-electron chi connectivity index (χ1n) is 6.94. The minimum absolute atomic E-state index is 0. The van der Waals surface area contributed by atoms with E-state index in [1.165, 1.54) is 0 Å². The van der Waals surface area contributed by atoms with Gasteiger partial charge in [0.2, 0.25) is 5.89 Å². The molecule has 116 valence electrons. The van der Waals surface area contributed by atoms with Crippen molar-refractivity contribution in [2.75, 3.05) is 0 Å². The van der Waals surface area contributed by atoms with Crippen molar-refractivity contribution in [1.29, 1.82) is 0 Å². The maximum absolute atomic E-state index is 6.19. The molecule has 3 rings (SSSR count). The van der Waals surface area contributed by atoms with Gasteiger partial charge in [-0.2, -0.15) is 4.98 Å². The van der Waals surface area contributed by atoms with Gasteiger partial charge in [0.25, 0.3) is 0 Å². The first-order chi connectivity index (χ1) is 9.37. The summed E-state index contributed by atoms with van der Waals surface area (Å²) in [6.07, 6.45) is 3.60. The first kappa shape index (κ1) is 16.4. The lowest BCUT2D eigenvalue weighted by atomic mass is 9.77. The number of hydrogen-bond acceptors (Lipinski definition) is 6. The molecule has 2 heterocycles. The summed E-state index contributed by atoms with van der Waals surface area (Å²) in [5.74, 6) is 1.24. The van der Waals surface area contributed by atoms with Gasteiger partial charge in [0.1, 0.15) is 0 Å². The number of halogens is 1. The van der Waals surface area contributed by atoms with E-state index in [1.807, 2.05) is 0 Å². The van der Waals surface area contributed by atoms with Crippen LogP contribution in [0.4, 0.5) is 0 Å². The topological polar surface area (TPSA) is 77.8 Å².